The van der Waals surface area contributed by atoms with Crippen LogP contribution in [0.25, 0.3) is 22.4 Å². The molecule has 0 unspecified atom stereocenters. The van der Waals surface area contributed by atoms with Gasteiger partial charge in [0.25, 0.3) is 6.43 Å². The zero-order chi connectivity index (χ0) is 26.5. The molecular weight excluding hydrogens is 485 g/mol. The van der Waals surface area contributed by atoms with Crippen LogP contribution in [0, 0.1) is 12.7 Å². The van der Waals surface area contributed by atoms with E-state index in [1.54, 1.807) is 43.3 Å². The van der Waals surface area contributed by atoms with Gasteiger partial charge < -0.3 is 20.5 Å². The number of ether oxygens (including phenoxy) is 1. The molecule has 0 amide bonds. The van der Waals surface area contributed by atoms with Crippen molar-refractivity contribution in [2.24, 2.45) is 0 Å². The van der Waals surface area contributed by atoms with Gasteiger partial charge in [-0.05, 0) is 61.0 Å². The minimum Gasteiger partial charge on any atom is -0.475 e. The number of aliphatic hydroxyl groups excluding tert-OH is 1. The summed E-state index contributed by atoms with van der Waals surface area (Å²) in [7, 11) is 1.76. The van der Waals surface area contributed by atoms with Crippen molar-refractivity contribution in [3.8, 4) is 28.3 Å². The van der Waals surface area contributed by atoms with Crippen LogP contribution in [-0.2, 0) is 0 Å². The van der Waals surface area contributed by atoms with Gasteiger partial charge in [0.1, 0.15) is 23.9 Å². The highest BCUT2D eigenvalue weighted by Crippen LogP contribution is 2.39. The van der Waals surface area contributed by atoms with E-state index in [-0.39, 0.29) is 36.3 Å². The minimum absolute atomic E-state index is 0.0190. The number of hydrogen-bond acceptors (Lipinski definition) is 8. The number of aliphatic hydroxyl groups is 1. The van der Waals surface area contributed by atoms with Gasteiger partial charge >= 0.3 is 0 Å². The lowest BCUT2D eigenvalue weighted by atomic mass is 9.99. The first-order valence-corrected chi connectivity index (χ1v) is 11.3. The van der Waals surface area contributed by atoms with Crippen LogP contribution in [0.2, 0.25) is 0 Å². The number of aryl methyl sites for hydroxylation is 1. The third-order valence-electron chi connectivity index (χ3n) is 5.68. The molecule has 1 aromatic carbocycles. The highest BCUT2D eigenvalue weighted by Gasteiger charge is 2.23. The zero-order valence-corrected chi connectivity index (χ0v) is 20.1. The Hall–Kier alpha value is -4.25. The summed E-state index contributed by atoms with van der Waals surface area (Å²) in [6, 6.07) is 13.2. The molecule has 3 N–H and O–H groups in total. The van der Waals surface area contributed by atoms with Gasteiger partial charge in [0.2, 0.25) is 11.8 Å². The molecule has 0 radical (unpaired) electrons. The fourth-order valence-electron chi connectivity index (χ4n) is 3.80. The summed E-state index contributed by atoms with van der Waals surface area (Å²) in [4.78, 5) is 18.5. The number of nitrogen functional groups attached to an aromatic ring is 1. The standard InChI is InChI=1S/C26H25F3N6O2/c1-15-11-17(12-20(32-15)24(28)29)22-23(16-6-8-18(27)9-7-16)33-26(30)34-25(22)37-14-19(13-36)35(2)21-5-3-4-10-31-21/h3-12,19,24,36H,13-14H2,1-2H3,(H2,30,33,34)/t19-/m0/s1. The Morgan fingerprint density at radius 1 is 1.03 bits per heavy atom. The molecule has 3 aromatic heterocycles. The molecule has 0 saturated carbocycles. The maximum Gasteiger partial charge on any atom is 0.280 e. The predicted molar refractivity (Wildman–Crippen MR) is 134 cm³/mol. The first-order valence-electron chi connectivity index (χ1n) is 11.3. The number of benzene rings is 1. The fraction of sp³-hybridized carbons (Fsp3) is 0.231. The second-order valence-electron chi connectivity index (χ2n) is 8.29. The number of aromatic nitrogens is 4. The monoisotopic (exact) mass is 510 g/mol. The Balaban J connectivity index is 1.81. The quantitative estimate of drug-likeness (QED) is 0.340. The molecule has 37 heavy (non-hydrogen) atoms. The number of nitrogens with zero attached hydrogens (tertiary/aromatic N) is 5. The van der Waals surface area contributed by atoms with E-state index in [0.29, 0.717) is 22.6 Å². The lowest BCUT2D eigenvalue weighted by Crippen LogP contribution is -2.40. The third kappa shape index (κ3) is 5.95. The van der Waals surface area contributed by atoms with Crippen LogP contribution in [0.4, 0.5) is 24.9 Å². The first kappa shape index (κ1) is 25.8. The van der Waals surface area contributed by atoms with E-state index in [2.05, 4.69) is 19.9 Å². The summed E-state index contributed by atoms with van der Waals surface area (Å²) in [5, 5.41) is 10.0. The molecule has 4 aromatic rings. The molecule has 1 atom stereocenters. The number of rotatable bonds is 9. The highest BCUT2D eigenvalue weighted by atomic mass is 19.3. The van der Waals surface area contributed by atoms with Crippen molar-refractivity contribution in [1.29, 1.82) is 0 Å². The Bertz CT molecular complexity index is 1360. The maximum absolute atomic E-state index is 13.6. The van der Waals surface area contributed by atoms with E-state index >= 15 is 0 Å². The van der Waals surface area contributed by atoms with Gasteiger partial charge in [-0.25, -0.2) is 23.1 Å². The molecule has 0 aliphatic rings. The lowest BCUT2D eigenvalue weighted by Gasteiger charge is -2.27. The van der Waals surface area contributed by atoms with E-state index in [1.807, 2.05) is 6.07 Å². The topological polar surface area (TPSA) is 110 Å². The Kier molecular flexibility index (Phi) is 7.83. The van der Waals surface area contributed by atoms with Crippen molar-refractivity contribution in [2.45, 2.75) is 19.4 Å². The van der Waals surface area contributed by atoms with Crippen LogP contribution in [0.1, 0.15) is 17.8 Å². The second kappa shape index (κ2) is 11.2. The minimum atomic E-state index is -2.81. The molecule has 0 bridgehead atoms. The van der Waals surface area contributed by atoms with Crippen molar-refractivity contribution >= 4 is 11.8 Å². The summed E-state index contributed by atoms with van der Waals surface area (Å²) in [6.45, 7) is 1.29. The molecule has 0 spiro atoms. The Labute approximate surface area is 211 Å². The number of halogens is 3. The summed E-state index contributed by atoms with van der Waals surface area (Å²) >= 11 is 0. The van der Waals surface area contributed by atoms with Gasteiger partial charge in [-0.3, -0.25) is 4.98 Å². The number of alkyl halides is 2. The predicted octanol–water partition coefficient (Wildman–Crippen LogP) is 4.44. The first-order chi connectivity index (χ1) is 17.8. The van der Waals surface area contributed by atoms with E-state index in [1.165, 1.54) is 30.3 Å². The molecule has 0 aliphatic heterocycles. The molecule has 3 heterocycles. The summed E-state index contributed by atoms with van der Waals surface area (Å²) in [6.07, 6.45) is -1.18. The molecule has 192 valence electrons. The van der Waals surface area contributed by atoms with Gasteiger partial charge in [0.05, 0.1) is 23.9 Å². The van der Waals surface area contributed by atoms with Crippen molar-refractivity contribution in [2.75, 3.05) is 30.9 Å². The molecule has 0 fully saturated rings. The van der Waals surface area contributed by atoms with Crippen molar-refractivity contribution in [1.82, 2.24) is 19.9 Å². The van der Waals surface area contributed by atoms with Gasteiger partial charge in [-0.2, -0.15) is 4.98 Å². The van der Waals surface area contributed by atoms with Crippen molar-refractivity contribution in [3.63, 3.8) is 0 Å². The zero-order valence-electron chi connectivity index (χ0n) is 20.1. The Morgan fingerprint density at radius 2 is 1.78 bits per heavy atom. The number of anilines is 2. The van der Waals surface area contributed by atoms with E-state index < -0.39 is 24.0 Å². The average Bonchev–Trinajstić information content (AvgIpc) is 2.89. The maximum atomic E-state index is 13.6. The SMILES string of the molecule is Cc1cc(-c2c(OC[C@H](CO)N(C)c3ccccn3)nc(N)nc2-c2ccc(F)cc2)cc(C(F)F)n1. The van der Waals surface area contributed by atoms with Crippen LogP contribution >= 0.6 is 0 Å². The normalized spacial score (nSPS) is 12.0. The number of nitrogens with two attached hydrogens (primary N) is 1. The van der Waals surface area contributed by atoms with Crippen molar-refractivity contribution in [3.05, 3.63) is 78.0 Å². The number of pyridine rings is 2. The summed E-state index contributed by atoms with van der Waals surface area (Å²) in [5.41, 5.74) is 7.28. The van der Waals surface area contributed by atoms with Crippen LogP contribution in [0.3, 0.4) is 0 Å². The lowest BCUT2D eigenvalue weighted by molar-refractivity contribution is 0.146. The van der Waals surface area contributed by atoms with Gasteiger partial charge in [-0.15, -0.1) is 0 Å². The largest absolute Gasteiger partial charge is 0.475 e. The third-order valence-corrected chi connectivity index (χ3v) is 5.68. The summed E-state index contributed by atoms with van der Waals surface area (Å²) in [5.74, 6) is 0.0554. The van der Waals surface area contributed by atoms with Crippen molar-refractivity contribution < 1.29 is 23.0 Å². The van der Waals surface area contributed by atoms with Gasteiger partial charge in [0.15, 0.2) is 0 Å². The van der Waals surface area contributed by atoms with Gasteiger partial charge in [0, 0.05) is 24.5 Å². The molecule has 0 aliphatic carbocycles. The van der Waals surface area contributed by atoms with Crippen LogP contribution < -0.4 is 15.4 Å². The van der Waals surface area contributed by atoms with E-state index in [9.17, 15) is 18.3 Å². The number of likely N-dealkylation sites (N-methyl/N-ethyl adjacent to an activating group) is 1. The number of hydrogen-bond donors (Lipinski definition) is 2. The van der Waals surface area contributed by atoms with Gasteiger partial charge in [-0.1, -0.05) is 6.07 Å². The molecular formula is C26H25F3N6O2. The van der Waals surface area contributed by atoms with Crippen LogP contribution in [0.15, 0.2) is 60.8 Å². The van der Waals surface area contributed by atoms with Crippen LogP contribution in [0.5, 0.6) is 5.88 Å². The average molecular weight is 511 g/mol. The molecule has 0 saturated heterocycles. The fourth-order valence-corrected chi connectivity index (χ4v) is 3.80. The van der Waals surface area contributed by atoms with E-state index in [0.717, 1.165) is 0 Å². The molecule has 8 nitrogen and oxygen atoms in total. The summed E-state index contributed by atoms with van der Waals surface area (Å²) < 4.78 is 46.9. The molecule has 4 rings (SSSR count). The smallest absolute Gasteiger partial charge is 0.280 e. The highest BCUT2D eigenvalue weighted by molar-refractivity contribution is 5.85. The molecule has 11 heteroatoms. The second-order valence-corrected chi connectivity index (χ2v) is 8.29. The Morgan fingerprint density at radius 3 is 2.43 bits per heavy atom. The van der Waals surface area contributed by atoms with Crippen LogP contribution in [-0.4, -0.2) is 51.3 Å². The van der Waals surface area contributed by atoms with E-state index in [4.69, 9.17) is 10.5 Å².